The minimum Gasteiger partial charge on any atom is -0.303 e. The monoisotopic (exact) mass is 375 g/mol. The van der Waals surface area contributed by atoms with Gasteiger partial charge < -0.3 is 4.79 Å². The van der Waals surface area contributed by atoms with Crippen molar-refractivity contribution in [3.8, 4) is 0 Å². The van der Waals surface area contributed by atoms with Gasteiger partial charge >= 0.3 is 0 Å². The van der Waals surface area contributed by atoms with Crippen molar-refractivity contribution in [2.75, 3.05) is 0 Å². The molecule has 4 nitrogen and oxygen atoms in total. The van der Waals surface area contributed by atoms with Gasteiger partial charge in [0, 0.05) is 23.6 Å². The molecule has 0 bridgehead atoms. The Balaban J connectivity index is 1.96. The second-order valence-corrected chi connectivity index (χ2v) is 8.44. The Kier molecular flexibility index (Phi) is 3.73. The summed E-state index contributed by atoms with van der Waals surface area (Å²) in [4.78, 5) is 11.1. The smallest absolute Gasteiger partial charge is 0.268 e. The quantitative estimate of drug-likeness (QED) is 0.653. The third-order valence-electron chi connectivity index (χ3n) is 4.84. The molecule has 4 rings (SSSR count). The largest absolute Gasteiger partial charge is 0.303 e. The van der Waals surface area contributed by atoms with Crippen molar-refractivity contribution in [1.29, 1.82) is 0 Å². The first kappa shape index (κ1) is 16.9. The summed E-state index contributed by atoms with van der Waals surface area (Å²) in [5.74, 6) is -2.56. The summed E-state index contributed by atoms with van der Waals surface area (Å²) < 4.78 is 54.6. The highest BCUT2D eigenvalue weighted by atomic mass is 32.2. The molecular formula is C19H15F2NO3S. The number of nitrogens with zero attached hydrogens (tertiary/aromatic N) is 1. The van der Waals surface area contributed by atoms with E-state index in [2.05, 4.69) is 0 Å². The van der Waals surface area contributed by atoms with Crippen molar-refractivity contribution in [2.24, 2.45) is 5.92 Å². The molecular weight excluding hydrogens is 360 g/mol. The maximum atomic E-state index is 13.8. The van der Waals surface area contributed by atoms with E-state index < -0.39 is 21.7 Å². The lowest BCUT2D eigenvalue weighted by atomic mass is 10.1. The lowest BCUT2D eigenvalue weighted by Crippen LogP contribution is -2.12. The summed E-state index contributed by atoms with van der Waals surface area (Å²) in [6.45, 7) is 1.84. The SMILES string of the molecule is Cc1ccc(S(=O)(=O)n2cc(C3CC3C=O)c3cc(F)c(F)cc32)cc1. The van der Waals surface area contributed by atoms with Crippen LogP contribution in [0.25, 0.3) is 10.9 Å². The van der Waals surface area contributed by atoms with Crippen molar-refractivity contribution in [2.45, 2.75) is 24.2 Å². The van der Waals surface area contributed by atoms with Crippen LogP contribution in [0.4, 0.5) is 8.78 Å². The fraction of sp³-hybridized carbons (Fsp3) is 0.211. The lowest BCUT2D eigenvalue weighted by molar-refractivity contribution is -0.108. The number of hydrogen-bond acceptors (Lipinski definition) is 3. The summed E-state index contributed by atoms with van der Waals surface area (Å²) in [5, 5.41) is 0.314. The standard InChI is InChI=1S/C19H15F2NO3S/c1-11-2-4-13(5-3-11)26(24,25)22-9-16(14-6-12(14)10-23)15-7-17(20)18(21)8-19(15)22/h2-5,7-10,12,14H,6H2,1H3. The second kappa shape index (κ2) is 5.74. The Morgan fingerprint density at radius 2 is 1.77 bits per heavy atom. The molecule has 7 heteroatoms. The van der Waals surface area contributed by atoms with Gasteiger partial charge in [0.15, 0.2) is 11.6 Å². The number of benzene rings is 2. The van der Waals surface area contributed by atoms with Crippen LogP contribution in [0.2, 0.25) is 0 Å². The Labute approximate surface area is 149 Å². The minimum atomic E-state index is -3.98. The van der Waals surface area contributed by atoms with E-state index in [1.807, 2.05) is 6.92 Å². The highest BCUT2D eigenvalue weighted by molar-refractivity contribution is 7.90. The number of aromatic nitrogens is 1. The van der Waals surface area contributed by atoms with E-state index in [-0.39, 0.29) is 22.2 Å². The van der Waals surface area contributed by atoms with Gasteiger partial charge in [0.2, 0.25) is 0 Å². The van der Waals surface area contributed by atoms with Crippen LogP contribution in [0.5, 0.6) is 0 Å². The third-order valence-corrected chi connectivity index (χ3v) is 6.52. The first-order valence-electron chi connectivity index (χ1n) is 8.10. The number of aryl methyl sites for hydroxylation is 1. The number of hydrogen-bond donors (Lipinski definition) is 0. The van der Waals surface area contributed by atoms with Crippen molar-refractivity contribution < 1.29 is 22.0 Å². The zero-order valence-electron chi connectivity index (χ0n) is 13.8. The Morgan fingerprint density at radius 1 is 1.12 bits per heavy atom. The molecule has 1 aromatic heterocycles. The zero-order valence-corrected chi connectivity index (χ0v) is 14.6. The number of carbonyl (C=O) groups is 1. The van der Waals surface area contributed by atoms with Gasteiger partial charge in [-0.2, -0.15) is 0 Å². The predicted molar refractivity (Wildman–Crippen MR) is 92.5 cm³/mol. The fourth-order valence-corrected chi connectivity index (χ4v) is 4.63. The molecule has 1 heterocycles. The number of carbonyl (C=O) groups excluding carboxylic acids is 1. The minimum absolute atomic E-state index is 0.0546. The van der Waals surface area contributed by atoms with Crippen LogP contribution in [-0.2, 0) is 14.8 Å². The summed E-state index contributed by atoms with van der Waals surface area (Å²) in [5.41, 5.74) is 1.52. The Bertz CT molecular complexity index is 1130. The molecule has 0 spiro atoms. The predicted octanol–water partition coefficient (Wildman–Crippen LogP) is 3.77. The number of fused-ring (bicyclic) bond motifs is 1. The van der Waals surface area contributed by atoms with Crippen LogP contribution in [0.1, 0.15) is 23.5 Å². The van der Waals surface area contributed by atoms with E-state index in [1.165, 1.54) is 18.3 Å². The van der Waals surface area contributed by atoms with E-state index in [0.29, 0.717) is 17.4 Å². The highest BCUT2D eigenvalue weighted by Gasteiger charge is 2.40. The van der Waals surface area contributed by atoms with Crippen LogP contribution < -0.4 is 0 Å². The third kappa shape index (κ3) is 2.54. The molecule has 1 aliphatic carbocycles. The number of halogens is 2. The number of aldehydes is 1. The second-order valence-electron chi connectivity index (χ2n) is 6.62. The van der Waals surface area contributed by atoms with Crippen molar-refractivity contribution in [3.05, 3.63) is 65.4 Å². The molecule has 1 saturated carbocycles. The normalized spacial score (nSPS) is 19.7. The molecule has 0 radical (unpaired) electrons. The van der Waals surface area contributed by atoms with Crippen LogP contribution in [0.15, 0.2) is 47.5 Å². The molecule has 0 amide bonds. The molecule has 134 valence electrons. The van der Waals surface area contributed by atoms with Gasteiger partial charge in [-0.05, 0) is 43.0 Å². The first-order chi connectivity index (χ1) is 12.3. The van der Waals surface area contributed by atoms with Crippen LogP contribution in [-0.4, -0.2) is 18.7 Å². The van der Waals surface area contributed by atoms with Crippen molar-refractivity contribution in [1.82, 2.24) is 3.97 Å². The summed E-state index contributed by atoms with van der Waals surface area (Å²) in [7, 11) is -3.98. The Morgan fingerprint density at radius 3 is 2.38 bits per heavy atom. The Hall–Kier alpha value is -2.54. The van der Waals surface area contributed by atoms with E-state index in [1.54, 1.807) is 12.1 Å². The van der Waals surface area contributed by atoms with Gasteiger partial charge in [-0.1, -0.05) is 17.7 Å². The van der Waals surface area contributed by atoms with Crippen molar-refractivity contribution in [3.63, 3.8) is 0 Å². The molecule has 0 N–H and O–H groups in total. The van der Waals surface area contributed by atoms with E-state index in [0.717, 1.165) is 28.0 Å². The average molecular weight is 375 g/mol. The molecule has 0 aliphatic heterocycles. The van der Waals surface area contributed by atoms with Gasteiger partial charge in [0.05, 0.1) is 10.4 Å². The molecule has 26 heavy (non-hydrogen) atoms. The fourth-order valence-electron chi connectivity index (χ4n) is 3.26. The molecule has 2 aromatic carbocycles. The molecule has 2 atom stereocenters. The maximum Gasteiger partial charge on any atom is 0.268 e. The first-order valence-corrected chi connectivity index (χ1v) is 9.54. The van der Waals surface area contributed by atoms with Gasteiger partial charge in [0.1, 0.15) is 6.29 Å². The maximum absolute atomic E-state index is 13.8. The van der Waals surface area contributed by atoms with E-state index in [9.17, 15) is 22.0 Å². The van der Waals surface area contributed by atoms with Gasteiger partial charge in [-0.15, -0.1) is 0 Å². The van der Waals surface area contributed by atoms with Gasteiger partial charge in [-0.25, -0.2) is 21.2 Å². The average Bonchev–Trinajstić information content (AvgIpc) is 3.30. The van der Waals surface area contributed by atoms with E-state index >= 15 is 0 Å². The zero-order chi connectivity index (χ0) is 18.6. The van der Waals surface area contributed by atoms with Gasteiger partial charge in [-0.3, -0.25) is 0 Å². The van der Waals surface area contributed by atoms with Crippen LogP contribution in [0.3, 0.4) is 0 Å². The molecule has 0 saturated heterocycles. The molecule has 1 aliphatic rings. The summed E-state index contributed by atoms with van der Waals surface area (Å²) >= 11 is 0. The van der Waals surface area contributed by atoms with Crippen LogP contribution >= 0.6 is 0 Å². The summed E-state index contributed by atoms with van der Waals surface area (Å²) in [6.07, 6.45) is 2.77. The van der Waals surface area contributed by atoms with Crippen LogP contribution in [0, 0.1) is 24.5 Å². The molecule has 1 fully saturated rings. The topological polar surface area (TPSA) is 56.1 Å². The lowest BCUT2D eigenvalue weighted by Gasteiger charge is -2.08. The molecule has 2 unspecified atom stereocenters. The summed E-state index contributed by atoms with van der Waals surface area (Å²) in [6, 6.07) is 8.18. The molecule has 3 aromatic rings. The van der Waals surface area contributed by atoms with Crippen molar-refractivity contribution >= 4 is 27.2 Å². The number of rotatable bonds is 4. The van der Waals surface area contributed by atoms with E-state index in [4.69, 9.17) is 0 Å². The van der Waals surface area contributed by atoms with Gasteiger partial charge in [0.25, 0.3) is 10.0 Å². The highest BCUT2D eigenvalue weighted by Crippen LogP contribution is 2.49.